The molecule has 0 radical (unpaired) electrons. The van der Waals surface area contributed by atoms with Gasteiger partial charge in [0.25, 0.3) is 0 Å². The number of rotatable bonds is 5. The van der Waals surface area contributed by atoms with Crippen LogP contribution >= 0.6 is 11.8 Å². The van der Waals surface area contributed by atoms with Crippen molar-refractivity contribution in [2.75, 3.05) is 18.1 Å². The molecule has 1 saturated heterocycles. The lowest BCUT2D eigenvalue weighted by molar-refractivity contribution is 0.0462. The van der Waals surface area contributed by atoms with E-state index in [0.29, 0.717) is 11.5 Å². The topological polar surface area (TPSA) is 32.3 Å². The molecule has 1 aliphatic rings. The fourth-order valence-electron chi connectivity index (χ4n) is 2.38. The zero-order valence-corrected chi connectivity index (χ0v) is 12.0. The lowest BCUT2D eigenvalue weighted by Crippen LogP contribution is -2.47. The predicted molar refractivity (Wildman–Crippen MR) is 73.0 cm³/mol. The van der Waals surface area contributed by atoms with Crippen molar-refractivity contribution in [1.82, 2.24) is 5.32 Å². The molecule has 1 heterocycles. The Morgan fingerprint density at radius 1 is 1.50 bits per heavy atom. The Bertz CT molecular complexity index is 216. The summed E-state index contributed by atoms with van der Waals surface area (Å²) in [4.78, 5) is 0. The van der Waals surface area contributed by atoms with E-state index in [4.69, 9.17) is 0 Å². The fourth-order valence-corrected chi connectivity index (χ4v) is 3.69. The molecule has 0 saturated carbocycles. The third-order valence-corrected chi connectivity index (χ3v) is 4.79. The first-order valence-electron chi connectivity index (χ1n) is 6.38. The van der Waals surface area contributed by atoms with E-state index in [1.54, 1.807) is 0 Å². The van der Waals surface area contributed by atoms with Crippen molar-refractivity contribution in [3.05, 3.63) is 0 Å². The van der Waals surface area contributed by atoms with Gasteiger partial charge in [-0.25, -0.2) is 0 Å². The van der Waals surface area contributed by atoms with Gasteiger partial charge in [-0.2, -0.15) is 11.8 Å². The summed E-state index contributed by atoms with van der Waals surface area (Å²) in [5, 5.41) is 13.6. The van der Waals surface area contributed by atoms with E-state index in [9.17, 15) is 5.11 Å². The van der Waals surface area contributed by atoms with E-state index in [1.807, 2.05) is 18.7 Å². The average molecular weight is 245 g/mol. The van der Waals surface area contributed by atoms with Gasteiger partial charge in [0.15, 0.2) is 0 Å². The monoisotopic (exact) mass is 245 g/mol. The quantitative estimate of drug-likeness (QED) is 0.781. The maximum Gasteiger partial charge on any atom is 0.0743 e. The molecule has 3 heteroatoms. The van der Waals surface area contributed by atoms with Gasteiger partial charge in [0.1, 0.15) is 0 Å². The molecule has 0 aliphatic carbocycles. The highest BCUT2D eigenvalue weighted by atomic mass is 32.2. The minimum atomic E-state index is -0.541. The molecule has 0 amide bonds. The number of aliphatic hydroxyl groups is 1. The standard InChI is InChI=1S/C13H27NOS/c1-5-6-13(4,15)9-14-11-7-12(2,3)10-16-8-11/h11,14-15H,5-10H2,1-4H3. The maximum atomic E-state index is 10.1. The van der Waals surface area contributed by atoms with Crippen molar-refractivity contribution >= 4 is 11.8 Å². The van der Waals surface area contributed by atoms with Crippen LogP contribution in [0.4, 0.5) is 0 Å². The first kappa shape index (κ1) is 14.3. The molecule has 0 aromatic carbocycles. The molecule has 2 atom stereocenters. The van der Waals surface area contributed by atoms with Gasteiger partial charge in [-0.05, 0) is 30.9 Å². The van der Waals surface area contributed by atoms with E-state index >= 15 is 0 Å². The smallest absolute Gasteiger partial charge is 0.0743 e. The van der Waals surface area contributed by atoms with Crippen molar-refractivity contribution in [3.8, 4) is 0 Å². The first-order valence-corrected chi connectivity index (χ1v) is 7.54. The molecule has 1 rings (SSSR count). The van der Waals surface area contributed by atoms with Crippen LogP contribution in [0, 0.1) is 5.41 Å². The molecule has 0 spiro atoms. The van der Waals surface area contributed by atoms with E-state index in [2.05, 4.69) is 26.1 Å². The number of nitrogens with one attached hydrogen (secondary N) is 1. The van der Waals surface area contributed by atoms with Crippen LogP contribution in [0.25, 0.3) is 0 Å². The van der Waals surface area contributed by atoms with Crippen LogP contribution < -0.4 is 5.32 Å². The molecule has 2 unspecified atom stereocenters. The molecule has 0 bridgehead atoms. The van der Waals surface area contributed by atoms with Crippen LogP contribution in [-0.2, 0) is 0 Å². The zero-order valence-electron chi connectivity index (χ0n) is 11.2. The van der Waals surface area contributed by atoms with Crippen LogP contribution in [-0.4, -0.2) is 34.8 Å². The minimum absolute atomic E-state index is 0.442. The Balaban J connectivity index is 2.32. The average Bonchev–Trinajstić information content (AvgIpc) is 2.13. The summed E-state index contributed by atoms with van der Waals surface area (Å²) >= 11 is 2.03. The Labute approximate surface area is 105 Å². The van der Waals surface area contributed by atoms with E-state index < -0.39 is 5.60 Å². The lowest BCUT2D eigenvalue weighted by Gasteiger charge is -2.36. The molecular formula is C13H27NOS. The Morgan fingerprint density at radius 2 is 2.19 bits per heavy atom. The maximum absolute atomic E-state index is 10.1. The van der Waals surface area contributed by atoms with Crippen molar-refractivity contribution in [2.24, 2.45) is 5.41 Å². The molecule has 1 fully saturated rings. The Morgan fingerprint density at radius 3 is 2.75 bits per heavy atom. The molecule has 2 nitrogen and oxygen atoms in total. The third-order valence-electron chi connectivity index (χ3n) is 3.17. The van der Waals surface area contributed by atoms with Gasteiger partial charge >= 0.3 is 0 Å². The van der Waals surface area contributed by atoms with Gasteiger partial charge in [-0.15, -0.1) is 0 Å². The van der Waals surface area contributed by atoms with Gasteiger partial charge in [0.2, 0.25) is 0 Å². The van der Waals surface area contributed by atoms with Crippen LogP contribution in [0.15, 0.2) is 0 Å². The minimum Gasteiger partial charge on any atom is -0.389 e. The highest BCUT2D eigenvalue weighted by Gasteiger charge is 2.29. The Hall–Kier alpha value is 0.270. The summed E-state index contributed by atoms with van der Waals surface area (Å²) in [6, 6.07) is 0.567. The summed E-state index contributed by atoms with van der Waals surface area (Å²) < 4.78 is 0. The van der Waals surface area contributed by atoms with Crippen molar-refractivity contribution in [1.29, 1.82) is 0 Å². The largest absolute Gasteiger partial charge is 0.389 e. The van der Waals surface area contributed by atoms with Crippen LogP contribution in [0.3, 0.4) is 0 Å². The molecule has 1 aliphatic heterocycles. The highest BCUT2D eigenvalue weighted by molar-refractivity contribution is 7.99. The number of hydrogen-bond acceptors (Lipinski definition) is 3. The molecule has 16 heavy (non-hydrogen) atoms. The zero-order chi connectivity index (χ0) is 12.2. The predicted octanol–water partition coefficient (Wildman–Crippen LogP) is 2.66. The fraction of sp³-hybridized carbons (Fsp3) is 1.00. The molecule has 2 N–H and O–H groups in total. The van der Waals surface area contributed by atoms with Crippen molar-refractivity contribution in [3.63, 3.8) is 0 Å². The summed E-state index contributed by atoms with van der Waals surface area (Å²) in [6.07, 6.45) is 3.14. The third kappa shape index (κ3) is 5.07. The van der Waals surface area contributed by atoms with E-state index in [-0.39, 0.29) is 0 Å². The van der Waals surface area contributed by atoms with E-state index in [1.165, 1.54) is 17.9 Å². The normalized spacial score (nSPS) is 28.7. The molecule has 96 valence electrons. The van der Waals surface area contributed by atoms with Gasteiger partial charge < -0.3 is 10.4 Å². The second-order valence-electron chi connectivity index (χ2n) is 6.21. The highest BCUT2D eigenvalue weighted by Crippen LogP contribution is 2.33. The molecular weight excluding hydrogens is 218 g/mol. The second-order valence-corrected chi connectivity index (χ2v) is 7.24. The number of thioether (sulfide) groups is 1. The van der Waals surface area contributed by atoms with Crippen LogP contribution in [0.2, 0.25) is 0 Å². The summed E-state index contributed by atoms with van der Waals surface area (Å²) in [5.41, 5.74) is -0.0990. The van der Waals surface area contributed by atoms with Gasteiger partial charge in [0.05, 0.1) is 5.60 Å². The van der Waals surface area contributed by atoms with Gasteiger partial charge in [0, 0.05) is 18.3 Å². The van der Waals surface area contributed by atoms with Gasteiger partial charge in [-0.1, -0.05) is 27.2 Å². The molecule has 0 aromatic heterocycles. The van der Waals surface area contributed by atoms with Gasteiger partial charge in [-0.3, -0.25) is 0 Å². The van der Waals surface area contributed by atoms with Crippen LogP contribution in [0.1, 0.15) is 47.0 Å². The molecule has 0 aromatic rings. The first-order chi connectivity index (χ1) is 7.35. The summed E-state index contributed by atoms with van der Waals surface area (Å²) in [6.45, 7) is 9.44. The van der Waals surface area contributed by atoms with Crippen molar-refractivity contribution in [2.45, 2.75) is 58.6 Å². The number of hydrogen-bond donors (Lipinski definition) is 2. The SMILES string of the molecule is CCCC(C)(O)CNC1CSCC(C)(C)C1. The Kier molecular flexibility index (Phi) is 5.14. The van der Waals surface area contributed by atoms with Crippen molar-refractivity contribution < 1.29 is 5.11 Å². The van der Waals surface area contributed by atoms with E-state index in [0.717, 1.165) is 19.4 Å². The summed E-state index contributed by atoms with van der Waals surface area (Å²) in [7, 11) is 0. The summed E-state index contributed by atoms with van der Waals surface area (Å²) in [5.74, 6) is 2.45. The van der Waals surface area contributed by atoms with Crippen LogP contribution in [0.5, 0.6) is 0 Å². The lowest BCUT2D eigenvalue weighted by atomic mass is 9.87. The second kappa shape index (κ2) is 5.74.